The van der Waals surface area contributed by atoms with E-state index in [9.17, 15) is 24.3 Å². The van der Waals surface area contributed by atoms with Crippen LogP contribution in [0.25, 0.3) is 0 Å². The number of aromatic nitrogens is 2. The van der Waals surface area contributed by atoms with Gasteiger partial charge in [-0.15, -0.1) is 0 Å². The molecule has 0 aliphatic rings. The standard InChI is InChI=1S/C24H31NO4.C15H22O2.C9H10BrNO2/c1-5-10-17-14-20(21(26)7-3)15-18(11-6-2)22(17)29-23(24(27)28-8-4)19-12-9-13-25-16-19;1-4-7-11-9-13(14(16)6-3)10-12(8-5-2)15(11)17;1-2-13-9(12)8(10)7-4-3-5-11-6-7/h9,12-16,23H,5-8,10-11H2,1-4H3;9-10,17H,4-8H2,1-3H3;3-6,8H,2H2,1H3. The predicted molar refractivity (Wildman–Crippen MR) is 237 cm³/mol. The lowest BCUT2D eigenvalue weighted by atomic mass is 9.95. The number of ketones is 2. The van der Waals surface area contributed by atoms with Gasteiger partial charge in [0.05, 0.1) is 13.2 Å². The Morgan fingerprint density at radius 2 is 1.02 bits per heavy atom. The summed E-state index contributed by atoms with van der Waals surface area (Å²) >= 11 is 3.24. The van der Waals surface area contributed by atoms with Crippen molar-refractivity contribution in [2.24, 2.45) is 0 Å². The number of hydrogen-bond acceptors (Lipinski definition) is 10. The molecule has 10 nitrogen and oxygen atoms in total. The van der Waals surface area contributed by atoms with Crippen molar-refractivity contribution in [1.82, 2.24) is 9.97 Å². The van der Waals surface area contributed by atoms with Crippen molar-refractivity contribution in [2.75, 3.05) is 13.2 Å². The number of Topliss-reactive ketones (excluding diaryl/α,β-unsaturated/α-hetero) is 2. The van der Waals surface area contributed by atoms with Crippen molar-refractivity contribution in [3.05, 3.63) is 118 Å². The average molecular weight is 876 g/mol. The molecule has 2 heterocycles. The van der Waals surface area contributed by atoms with E-state index in [0.717, 1.165) is 84.7 Å². The van der Waals surface area contributed by atoms with Crippen LogP contribution in [0.5, 0.6) is 11.5 Å². The molecule has 11 heteroatoms. The largest absolute Gasteiger partial charge is 0.507 e. The zero-order chi connectivity index (χ0) is 43.7. The molecular formula is C48H63BrN2O8. The van der Waals surface area contributed by atoms with E-state index in [1.54, 1.807) is 50.8 Å². The van der Waals surface area contributed by atoms with Crippen LogP contribution in [0.3, 0.4) is 0 Å². The van der Waals surface area contributed by atoms with Crippen LogP contribution in [0.4, 0.5) is 0 Å². The smallest absolute Gasteiger partial charge is 0.352 e. The summed E-state index contributed by atoms with van der Waals surface area (Å²) in [6, 6.07) is 14.7. The Morgan fingerprint density at radius 1 is 0.610 bits per heavy atom. The lowest BCUT2D eigenvalue weighted by Crippen LogP contribution is -2.23. The number of ether oxygens (including phenoxy) is 3. The molecule has 0 bridgehead atoms. The van der Waals surface area contributed by atoms with E-state index < -0.39 is 16.9 Å². The summed E-state index contributed by atoms with van der Waals surface area (Å²) in [6.07, 6.45) is 13.6. The molecule has 0 aliphatic heterocycles. The second kappa shape index (κ2) is 27.7. The van der Waals surface area contributed by atoms with Gasteiger partial charge in [0, 0.05) is 54.3 Å². The van der Waals surface area contributed by atoms with E-state index in [1.165, 1.54) is 0 Å². The van der Waals surface area contributed by atoms with Gasteiger partial charge in [-0.3, -0.25) is 24.4 Å². The number of carbonyl (C=O) groups is 4. The molecule has 4 aromatic rings. The van der Waals surface area contributed by atoms with E-state index >= 15 is 0 Å². The van der Waals surface area contributed by atoms with Gasteiger partial charge in [0.1, 0.15) is 16.3 Å². The number of hydrogen-bond donors (Lipinski definition) is 1. The van der Waals surface area contributed by atoms with Crippen LogP contribution in [0.1, 0.15) is 159 Å². The van der Waals surface area contributed by atoms with E-state index in [4.69, 9.17) is 14.2 Å². The van der Waals surface area contributed by atoms with Crippen LogP contribution >= 0.6 is 15.9 Å². The highest BCUT2D eigenvalue weighted by atomic mass is 79.9. The number of carbonyl (C=O) groups excluding carboxylic acids is 4. The third-order valence-corrected chi connectivity index (χ3v) is 9.97. The van der Waals surface area contributed by atoms with E-state index in [2.05, 4.69) is 53.6 Å². The number of phenolic OH excluding ortho intramolecular Hbond substituents is 1. The summed E-state index contributed by atoms with van der Waals surface area (Å²) in [5.41, 5.74) is 6.64. The summed E-state index contributed by atoms with van der Waals surface area (Å²) in [5, 5.41) is 10.1. The van der Waals surface area contributed by atoms with Gasteiger partial charge in [-0.1, -0.05) is 95.3 Å². The Bertz CT molecular complexity index is 1850. The fourth-order valence-electron chi connectivity index (χ4n) is 6.22. The first-order valence-electron chi connectivity index (χ1n) is 20.9. The number of pyridine rings is 2. The molecule has 2 aromatic carbocycles. The van der Waals surface area contributed by atoms with Crippen molar-refractivity contribution >= 4 is 39.4 Å². The Labute approximate surface area is 359 Å². The molecule has 0 saturated heterocycles. The normalized spacial score (nSPS) is 11.5. The first-order valence-corrected chi connectivity index (χ1v) is 21.9. The zero-order valence-corrected chi connectivity index (χ0v) is 37.7. The monoisotopic (exact) mass is 874 g/mol. The third-order valence-electron chi connectivity index (χ3n) is 9.07. The minimum absolute atomic E-state index is 0.112. The second-order valence-corrected chi connectivity index (χ2v) is 14.7. The molecule has 2 unspecified atom stereocenters. The van der Waals surface area contributed by atoms with Crippen LogP contribution in [-0.4, -0.2) is 51.8 Å². The quantitative estimate of drug-likeness (QED) is 0.0518. The molecule has 2 aromatic heterocycles. The van der Waals surface area contributed by atoms with Gasteiger partial charge in [0.2, 0.25) is 6.10 Å². The van der Waals surface area contributed by atoms with Crippen molar-refractivity contribution in [3.63, 3.8) is 0 Å². The number of esters is 2. The van der Waals surface area contributed by atoms with E-state index in [-0.39, 0.29) is 24.1 Å². The molecule has 1 N–H and O–H groups in total. The SMILES string of the molecule is CCCc1cc(C(=O)CC)cc(CCC)c1O.CCCc1cc(C(=O)CC)cc(CCC)c1OC(C(=O)OCC)c1cccnc1.CCOC(=O)C(Br)c1cccnc1. The maximum atomic E-state index is 12.7. The molecule has 4 rings (SSSR count). The van der Waals surface area contributed by atoms with E-state index in [0.29, 0.717) is 42.1 Å². The van der Waals surface area contributed by atoms with Gasteiger partial charge in [0.15, 0.2) is 11.6 Å². The molecule has 0 amide bonds. The number of benzene rings is 2. The maximum Gasteiger partial charge on any atom is 0.352 e. The van der Waals surface area contributed by atoms with Crippen molar-refractivity contribution in [2.45, 2.75) is 131 Å². The Hall–Kier alpha value is -4.90. The number of aryl methyl sites for hydroxylation is 4. The van der Waals surface area contributed by atoms with Crippen molar-refractivity contribution in [3.8, 4) is 11.5 Å². The minimum atomic E-state index is -0.900. The summed E-state index contributed by atoms with van der Waals surface area (Å²) in [6.45, 7) is 16.3. The van der Waals surface area contributed by atoms with Gasteiger partial charge in [-0.2, -0.15) is 0 Å². The van der Waals surface area contributed by atoms with Gasteiger partial charge in [-0.25, -0.2) is 4.79 Å². The van der Waals surface area contributed by atoms with Crippen LogP contribution in [0.2, 0.25) is 0 Å². The molecule has 0 saturated carbocycles. The topological polar surface area (TPSA) is 142 Å². The van der Waals surface area contributed by atoms with Gasteiger partial charge in [-0.05, 0) is 104 Å². The number of alkyl halides is 1. The van der Waals surface area contributed by atoms with Crippen molar-refractivity contribution < 1.29 is 38.5 Å². The van der Waals surface area contributed by atoms with E-state index in [1.807, 2.05) is 50.2 Å². The number of rotatable bonds is 20. The maximum absolute atomic E-state index is 12.7. The summed E-state index contributed by atoms with van der Waals surface area (Å²) in [5.74, 6) is 0.611. The third kappa shape index (κ3) is 16.0. The molecule has 59 heavy (non-hydrogen) atoms. The first kappa shape index (κ1) is 50.2. The summed E-state index contributed by atoms with van der Waals surface area (Å²) in [7, 11) is 0. The molecule has 320 valence electrons. The molecule has 2 atom stereocenters. The lowest BCUT2D eigenvalue weighted by molar-refractivity contribution is -0.151. The number of aromatic hydroxyl groups is 1. The molecular weight excluding hydrogens is 812 g/mol. The lowest BCUT2D eigenvalue weighted by Gasteiger charge is -2.23. The zero-order valence-electron chi connectivity index (χ0n) is 36.1. The number of nitrogens with zero attached hydrogens (tertiary/aromatic N) is 2. The molecule has 0 radical (unpaired) electrons. The van der Waals surface area contributed by atoms with Gasteiger partial charge >= 0.3 is 11.9 Å². The van der Waals surface area contributed by atoms with Crippen LogP contribution in [0, 0.1) is 0 Å². The van der Waals surface area contributed by atoms with Crippen LogP contribution in [-0.2, 0) is 44.7 Å². The first-order chi connectivity index (χ1) is 28.4. The highest BCUT2D eigenvalue weighted by molar-refractivity contribution is 9.09. The van der Waals surface area contributed by atoms with Crippen LogP contribution in [0.15, 0.2) is 73.3 Å². The van der Waals surface area contributed by atoms with Crippen LogP contribution < -0.4 is 4.74 Å². The second-order valence-electron chi connectivity index (χ2n) is 13.8. The fourth-order valence-corrected chi connectivity index (χ4v) is 6.63. The van der Waals surface area contributed by atoms with Gasteiger partial charge < -0.3 is 19.3 Å². The summed E-state index contributed by atoms with van der Waals surface area (Å²) in [4.78, 5) is 55.7. The Kier molecular flexibility index (Phi) is 23.6. The Balaban J connectivity index is 0.000000337. The Morgan fingerprint density at radius 3 is 1.41 bits per heavy atom. The average Bonchev–Trinajstić information content (AvgIpc) is 3.25. The molecule has 0 spiro atoms. The highest BCUT2D eigenvalue weighted by Gasteiger charge is 2.27. The fraction of sp³-hybridized carbons (Fsp3) is 0.458. The number of phenols is 1. The summed E-state index contributed by atoms with van der Waals surface area (Å²) < 4.78 is 16.4. The number of halogens is 1. The minimum Gasteiger partial charge on any atom is -0.507 e. The predicted octanol–water partition coefficient (Wildman–Crippen LogP) is 11.2. The molecule has 0 fully saturated rings. The van der Waals surface area contributed by atoms with Crippen molar-refractivity contribution in [1.29, 1.82) is 0 Å². The molecule has 0 aliphatic carbocycles. The van der Waals surface area contributed by atoms with Gasteiger partial charge in [0.25, 0.3) is 0 Å². The highest BCUT2D eigenvalue weighted by Crippen LogP contribution is 2.34.